The maximum absolute atomic E-state index is 13.0. The van der Waals surface area contributed by atoms with Crippen LogP contribution in [0.25, 0.3) is 5.69 Å². The van der Waals surface area contributed by atoms with Crippen molar-refractivity contribution in [2.75, 3.05) is 20.1 Å². The van der Waals surface area contributed by atoms with Crippen LogP contribution in [-0.2, 0) is 6.42 Å². The molecule has 2 aromatic carbocycles. The molecule has 1 aromatic heterocycles. The number of rotatable bonds is 8. The number of nitrogens with zero attached hydrogens (tertiary/aromatic N) is 3. The number of halogens is 2. The molecule has 1 atom stereocenters. The highest BCUT2D eigenvalue weighted by atomic mass is 127. The summed E-state index contributed by atoms with van der Waals surface area (Å²) in [5.41, 5.74) is 2.18. The van der Waals surface area contributed by atoms with Crippen LogP contribution in [0.5, 0.6) is 5.75 Å². The van der Waals surface area contributed by atoms with Crippen molar-refractivity contribution in [2.24, 2.45) is 4.99 Å². The maximum Gasteiger partial charge on any atom is 0.191 e. The largest absolute Gasteiger partial charge is 0.489 e. The van der Waals surface area contributed by atoms with Gasteiger partial charge in [-0.15, -0.1) is 24.0 Å². The molecule has 3 rings (SSSR count). The Labute approximate surface area is 193 Å². The van der Waals surface area contributed by atoms with Gasteiger partial charge in [0.2, 0.25) is 0 Å². The normalized spacial score (nSPS) is 12.0. The summed E-state index contributed by atoms with van der Waals surface area (Å²) >= 11 is 0. The van der Waals surface area contributed by atoms with Crippen LogP contribution in [0.15, 0.2) is 72.0 Å². The molecule has 0 spiro atoms. The Morgan fingerprint density at radius 3 is 2.57 bits per heavy atom. The monoisotopic (exact) mass is 523 g/mol. The van der Waals surface area contributed by atoms with Crippen LogP contribution < -0.4 is 15.4 Å². The summed E-state index contributed by atoms with van der Waals surface area (Å²) in [5, 5.41) is 10.9. The van der Waals surface area contributed by atoms with E-state index in [-0.39, 0.29) is 35.9 Å². The molecule has 0 aliphatic rings. The van der Waals surface area contributed by atoms with Gasteiger partial charge < -0.3 is 15.4 Å². The molecular formula is C22H27FIN5O. The van der Waals surface area contributed by atoms with Gasteiger partial charge in [0, 0.05) is 19.8 Å². The van der Waals surface area contributed by atoms with Crippen LogP contribution in [0.3, 0.4) is 0 Å². The zero-order chi connectivity index (χ0) is 20.5. The van der Waals surface area contributed by atoms with E-state index in [2.05, 4.69) is 20.7 Å². The van der Waals surface area contributed by atoms with Crippen LogP contribution in [0.4, 0.5) is 4.39 Å². The van der Waals surface area contributed by atoms with Gasteiger partial charge in [0.15, 0.2) is 5.96 Å². The molecule has 1 heterocycles. The summed E-state index contributed by atoms with van der Waals surface area (Å²) in [5.74, 6) is 1.07. The Bertz CT molecular complexity index is 915. The van der Waals surface area contributed by atoms with Gasteiger partial charge in [0.05, 0.1) is 18.4 Å². The van der Waals surface area contributed by atoms with E-state index in [0.717, 1.165) is 24.2 Å². The number of aliphatic imine (C=N–C) groups is 1. The van der Waals surface area contributed by atoms with Crippen molar-refractivity contribution in [3.63, 3.8) is 0 Å². The van der Waals surface area contributed by atoms with E-state index >= 15 is 0 Å². The zero-order valence-electron chi connectivity index (χ0n) is 17.1. The minimum Gasteiger partial charge on any atom is -0.489 e. The molecule has 160 valence electrons. The number of ether oxygens (including phenoxy) is 1. The van der Waals surface area contributed by atoms with Crippen LogP contribution >= 0.6 is 24.0 Å². The zero-order valence-corrected chi connectivity index (χ0v) is 19.4. The third-order valence-corrected chi connectivity index (χ3v) is 4.29. The number of guanidine groups is 1. The Morgan fingerprint density at radius 2 is 1.87 bits per heavy atom. The molecule has 0 bridgehead atoms. The van der Waals surface area contributed by atoms with Gasteiger partial charge in [0.25, 0.3) is 0 Å². The summed E-state index contributed by atoms with van der Waals surface area (Å²) in [4.78, 5) is 4.23. The van der Waals surface area contributed by atoms with Gasteiger partial charge in [0.1, 0.15) is 17.7 Å². The number of hydrogen-bond acceptors (Lipinski definition) is 3. The van der Waals surface area contributed by atoms with Crippen molar-refractivity contribution in [1.82, 2.24) is 20.4 Å². The molecule has 1 unspecified atom stereocenters. The van der Waals surface area contributed by atoms with E-state index < -0.39 is 0 Å². The van der Waals surface area contributed by atoms with Gasteiger partial charge in [-0.1, -0.05) is 18.2 Å². The number of benzene rings is 2. The van der Waals surface area contributed by atoms with Gasteiger partial charge in [-0.05, 0) is 55.3 Å². The minimum atomic E-state index is -0.276. The average molecular weight is 523 g/mol. The summed E-state index contributed by atoms with van der Waals surface area (Å²) < 4.78 is 20.6. The highest BCUT2D eigenvalue weighted by Crippen LogP contribution is 2.12. The van der Waals surface area contributed by atoms with Crippen molar-refractivity contribution in [3.05, 3.63) is 78.4 Å². The summed E-state index contributed by atoms with van der Waals surface area (Å²) in [7, 11) is 1.73. The molecule has 0 fully saturated rings. The lowest BCUT2D eigenvalue weighted by Gasteiger charge is -2.17. The fraction of sp³-hybridized carbons (Fsp3) is 0.273. The first-order valence-corrected chi connectivity index (χ1v) is 9.60. The standard InChI is InChI=1S/C22H26FN5O.HI/c1-17(29-21-10-8-19(23)9-11-21)14-26-22(24-2)25-13-12-18-15-27-28(16-18)20-6-4-3-5-7-20;/h3-11,15-17H,12-14H2,1-2H3,(H2,24,25,26);1H. The number of aromatic nitrogens is 2. The molecule has 8 heteroatoms. The molecule has 0 radical (unpaired) electrons. The predicted molar refractivity (Wildman–Crippen MR) is 129 cm³/mol. The second kappa shape index (κ2) is 12.2. The van der Waals surface area contributed by atoms with Crippen LogP contribution in [0.1, 0.15) is 12.5 Å². The van der Waals surface area contributed by atoms with Crippen LogP contribution in [0, 0.1) is 5.82 Å². The van der Waals surface area contributed by atoms with Crippen molar-refractivity contribution < 1.29 is 9.13 Å². The van der Waals surface area contributed by atoms with Gasteiger partial charge in [-0.3, -0.25) is 4.99 Å². The maximum atomic E-state index is 13.0. The van der Waals surface area contributed by atoms with Gasteiger partial charge >= 0.3 is 0 Å². The van der Waals surface area contributed by atoms with Crippen LogP contribution in [0.2, 0.25) is 0 Å². The number of hydrogen-bond donors (Lipinski definition) is 2. The Kier molecular flexibility index (Phi) is 9.59. The lowest BCUT2D eigenvalue weighted by Crippen LogP contribution is -2.42. The smallest absolute Gasteiger partial charge is 0.191 e. The third-order valence-electron chi connectivity index (χ3n) is 4.29. The Balaban J connectivity index is 0.00000320. The molecule has 0 saturated heterocycles. The Morgan fingerprint density at radius 1 is 1.13 bits per heavy atom. The van der Waals surface area contributed by atoms with E-state index in [9.17, 15) is 4.39 Å². The topological polar surface area (TPSA) is 63.5 Å². The van der Waals surface area contributed by atoms with Crippen LogP contribution in [-0.4, -0.2) is 42.0 Å². The first-order valence-electron chi connectivity index (χ1n) is 9.60. The van der Waals surface area contributed by atoms with Gasteiger partial charge in [-0.25, -0.2) is 9.07 Å². The molecule has 0 aliphatic heterocycles. The lowest BCUT2D eigenvalue weighted by atomic mass is 10.2. The fourth-order valence-electron chi connectivity index (χ4n) is 2.78. The van der Waals surface area contributed by atoms with Crippen molar-refractivity contribution >= 4 is 29.9 Å². The first kappa shape index (κ1) is 23.7. The van der Waals surface area contributed by atoms with E-state index in [1.165, 1.54) is 12.1 Å². The average Bonchev–Trinajstić information content (AvgIpc) is 3.22. The van der Waals surface area contributed by atoms with E-state index in [1.54, 1.807) is 19.2 Å². The number of nitrogens with one attached hydrogen (secondary N) is 2. The second-order valence-corrected chi connectivity index (χ2v) is 6.64. The summed E-state index contributed by atoms with van der Waals surface area (Å²) in [6.07, 6.45) is 4.65. The molecule has 2 N–H and O–H groups in total. The predicted octanol–water partition coefficient (Wildman–Crippen LogP) is 3.80. The minimum absolute atomic E-state index is 0. The number of para-hydroxylation sites is 1. The fourth-order valence-corrected chi connectivity index (χ4v) is 2.78. The second-order valence-electron chi connectivity index (χ2n) is 6.64. The van der Waals surface area contributed by atoms with Crippen molar-refractivity contribution in [3.8, 4) is 11.4 Å². The third kappa shape index (κ3) is 7.33. The molecule has 3 aromatic rings. The Hall–Kier alpha value is -2.62. The summed E-state index contributed by atoms with van der Waals surface area (Å²) in [6.45, 7) is 3.25. The van der Waals surface area contributed by atoms with E-state index in [4.69, 9.17) is 4.74 Å². The SMILES string of the molecule is CN=C(NCCc1cnn(-c2ccccc2)c1)NCC(C)Oc1ccc(F)cc1.I. The van der Waals surface area contributed by atoms with E-state index in [0.29, 0.717) is 18.3 Å². The van der Waals surface area contributed by atoms with Crippen molar-refractivity contribution in [1.29, 1.82) is 0 Å². The van der Waals surface area contributed by atoms with E-state index in [1.807, 2.05) is 54.3 Å². The van der Waals surface area contributed by atoms with Gasteiger partial charge in [-0.2, -0.15) is 5.10 Å². The lowest BCUT2D eigenvalue weighted by molar-refractivity contribution is 0.223. The first-order chi connectivity index (χ1) is 14.1. The quantitative estimate of drug-likeness (QED) is 0.268. The molecular weight excluding hydrogens is 496 g/mol. The molecule has 6 nitrogen and oxygen atoms in total. The molecule has 30 heavy (non-hydrogen) atoms. The molecule has 0 aliphatic carbocycles. The van der Waals surface area contributed by atoms with Crippen molar-refractivity contribution in [2.45, 2.75) is 19.4 Å². The molecule has 0 saturated carbocycles. The molecule has 0 amide bonds. The summed E-state index contributed by atoms with van der Waals surface area (Å²) in [6, 6.07) is 16.0. The highest BCUT2D eigenvalue weighted by Gasteiger charge is 2.06. The highest BCUT2D eigenvalue weighted by molar-refractivity contribution is 14.0.